The van der Waals surface area contributed by atoms with E-state index in [0.717, 1.165) is 0 Å². The molecule has 3 heteroatoms. The Morgan fingerprint density at radius 2 is 1.81 bits per heavy atom. The third-order valence-corrected chi connectivity index (χ3v) is 3.28. The number of carbonyl (C=O) groups is 1. The molecule has 2 rings (SSSR count). The van der Waals surface area contributed by atoms with Crippen LogP contribution < -0.4 is 0 Å². The molecule has 1 aliphatic heterocycles. The Balaban J connectivity index is 1.79. The van der Waals surface area contributed by atoms with Crippen LogP contribution in [0.2, 0.25) is 0 Å². The Bertz CT molecular complexity index is 261. The van der Waals surface area contributed by atoms with Crippen molar-refractivity contribution in [2.45, 2.75) is 70.7 Å². The molecule has 92 valence electrons. The second kappa shape index (κ2) is 4.36. The minimum atomic E-state index is -0.403. The number of ether oxygens (including phenoxy) is 2. The summed E-state index contributed by atoms with van der Waals surface area (Å²) in [6.07, 6.45) is 6.20. The van der Waals surface area contributed by atoms with E-state index in [9.17, 15) is 4.79 Å². The molecule has 1 aliphatic carbocycles. The molecule has 2 atom stereocenters. The van der Waals surface area contributed by atoms with Crippen LogP contribution >= 0.6 is 0 Å². The van der Waals surface area contributed by atoms with Crippen molar-refractivity contribution >= 4 is 5.97 Å². The molecule has 0 aromatic heterocycles. The normalized spacial score (nSPS) is 31.2. The highest BCUT2D eigenvalue weighted by atomic mass is 16.6. The van der Waals surface area contributed by atoms with Crippen LogP contribution in [-0.4, -0.2) is 23.8 Å². The first-order valence-corrected chi connectivity index (χ1v) is 6.36. The molecule has 0 N–H and O–H groups in total. The molecule has 2 aliphatic rings. The monoisotopic (exact) mass is 226 g/mol. The van der Waals surface area contributed by atoms with Crippen LogP contribution in [0.4, 0.5) is 0 Å². The van der Waals surface area contributed by atoms with E-state index in [4.69, 9.17) is 9.47 Å². The Kier molecular flexibility index (Phi) is 3.24. The van der Waals surface area contributed by atoms with Crippen LogP contribution in [-0.2, 0) is 14.3 Å². The Labute approximate surface area is 97.5 Å². The van der Waals surface area contributed by atoms with Crippen LogP contribution in [0.1, 0.15) is 52.9 Å². The molecular formula is C13H22O3. The van der Waals surface area contributed by atoms with Crippen molar-refractivity contribution in [2.24, 2.45) is 5.92 Å². The largest absolute Gasteiger partial charge is 0.458 e. The topological polar surface area (TPSA) is 38.8 Å². The van der Waals surface area contributed by atoms with Crippen molar-refractivity contribution in [3.8, 4) is 0 Å². The fourth-order valence-corrected chi connectivity index (χ4v) is 2.49. The van der Waals surface area contributed by atoms with Gasteiger partial charge in [-0.1, -0.05) is 19.3 Å². The molecule has 0 unspecified atom stereocenters. The van der Waals surface area contributed by atoms with Gasteiger partial charge in [-0.2, -0.15) is 0 Å². The van der Waals surface area contributed by atoms with Crippen molar-refractivity contribution in [2.75, 3.05) is 0 Å². The van der Waals surface area contributed by atoms with Gasteiger partial charge in [0.2, 0.25) is 0 Å². The highest BCUT2D eigenvalue weighted by molar-refractivity contribution is 5.78. The third-order valence-electron chi connectivity index (χ3n) is 3.28. The molecule has 2 fully saturated rings. The average molecular weight is 226 g/mol. The van der Waals surface area contributed by atoms with E-state index in [-0.39, 0.29) is 18.2 Å². The smallest absolute Gasteiger partial charge is 0.338 e. The predicted molar refractivity (Wildman–Crippen MR) is 61.1 cm³/mol. The summed E-state index contributed by atoms with van der Waals surface area (Å²) < 4.78 is 10.8. The van der Waals surface area contributed by atoms with E-state index in [1.807, 2.05) is 20.8 Å². The van der Waals surface area contributed by atoms with Crippen molar-refractivity contribution in [1.29, 1.82) is 0 Å². The van der Waals surface area contributed by atoms with E-state index in [1.54, 1.807) is 0 Å². The first-order valence-electron chi connectivity index (χ1n) is 6.36. The highest BCUT2D eigenvalue weighted by Gasteiger charge is 2.51. The van der Waals surface area contributed by atoms with Crippen LogP contribution in [0.15, 0.2) is 0 Å². The summed E-state index contributed by atoms with van der Waals surface area (Å²) in [7, 11) is 0. The van der Waals surface area contributed by atoms with Crippen molar-refractivity contribution in [3.63, 3.8) is 0 Å². The lowest BCUT2D eigenvalue weighted by Gasteiger charge is -2.20. The number of epoxide rings is 1. The summed E-state index contributed by atoms with van der Waals surface area (Å²) in [4.78, 5) is 11.7. The maximum absolute atomic E-state index is 11.7. The molecule has 0 aromatic carbocycles. The van der Waals surface area contributed by atoms with Gasteiger partial charge in [-0.3, -0.25) is 0 Å². The molecule has 1 saturated carbocycles. The molecular weight excluding hydrogens is 204 g/mol. The van der Waals surface area contributed by atoms with Gasteiger partial charge in [-0.05, 0) is 39.5 Å². The standard InChI is InChI=1S/C13H22O3/c1-13(2,3)16-12(14)11-10(15-11)9-7-5-4-6-8-9/h9-11H,4-8H2,1-3H3/t10-,11-/m0/s1. The number of esters is 1. The lowest BCUT2D eigenvalue weighted by molar-refractivity contribution is -0.156. The fraction of sp³-hybridized carbons (Fsp3) is 0.923. The van der Waals surface area contributed by atoms with Gasteiger partial charge in [-0.15, -0.1) is 0 Å². The number of rotatable bonds is 2. The van der Waals surface area contributed by atoms with E-state index in [0.29, 0.717) is 5.92 Å². The van der Waals surface area contributed by atoms with E-state index >= 15 is 0 Å². The van der Waals surface area contributed by atoms with Crippen molar-refractivity contribution in [3.05, 3.63) is 0 Å². The Hall–Kier alpha value is -0.570. The zero-order chi connectivity index (χ0) is 11.8. The molecule has 16 heavy (non-hydrogen) atoms. The Morgan fingerprint density at radius 3 is 2.38 bits per heavy atom. The summed E-state index contributed by atoms with van der Waals surface area (Å²) in [6, 6.07) is 0. The molecule has 0 radical (unpaired) electrons. The summed E-state index contributed by atoms with van der Waals surface area (Å²) >= 11 is 0. The minimum absolute atomic E-state index is 0.148. The minimum Gasteiger partial charge on any atom is -0.458 e. The highest BCUT2D eigenvalue weighted by Crippen LogP contribution is 2.39. The van der Waals surface area contributed by atoms with E-state index in [1.165, 1.54) is 32.1 Å². The zero-order valence-corrected chi connectivity index (χ0v) is 10.5. The molecule has 0 bridgehead atoms. The third kappa shape index (κ3) is 2.97. The lowest BCUT2D eigenvalue weighted by atomic mass is 9.86. The van der Waals surface area contributed by atoms with Gasteiger partial charge in [0.05, 0.1) is 6.10 Å². The van der Waals surface area contributed by atoms with Gasteiger partial charge in [0.15, 0.2) is 6.10 Å². The SMILES string of the molecule is CC(C)(C)OC(=O)[C@H]1O[C@H]1C1CCCCC1. The fourth-order valence-electron chi connectivity index (χ4n) is 2.49. The second-order valence-corrected chi connectivity index (χ2v) is 5.95. The van der Waals surface area contributed by atoms with Gasteiger partial charge in [0.1, 0.15) is 5.60 Å². The predicted octanol–water partition coefficient (Wildman–Crippen LogP) is 2.68. The van der Waals surface area contributed by atoms with Crippen molar-refractivity contribution in [1.82, 2.24) is 0 Å². The Morgan fingerprint density at radius 1 is 1.19 bits per heavy atom. The summed E-state index contributed by atoms with van der Waals surface area (Å²) in [5.74, 6) is 0.411. The molecule has 0 spiro atoms. The first kappa shape index (κ1) is 11.9. The average Bonchev–Trinajstić information content (AvgIpc) is 2.96. The summed E-state index contributed by atoms with van der Waals surface area (Å²) in [6.45, 7) is 5.68. The van der Waals surface area contributed by atoms with Crippen LogP contribution in [0.5, 0.6) is 0 Å². The second-order valence-electron chi connectivity index (χ2n) is 5.95. The number of hydrogen-bond donors (Lipinski definition) is 0. The maximum Gasteiger partial charge on any atom is 0.338 e. The van der Waals surface area contributed by atoms with Gasteiger partial charge >= 0.3 is 5.97 Å². The molecule has 1 heterocycles. The molecule has 0 amide bonds. The lowest BCUT2D eigenvalue weighted by Crippen LogP contribution is -2.28. The van der Waals surface area contributed by atoms with Gasteiger partial charge < -0.3 is 9.47 Å². The van der Waals surface area contributed by atoms with Gasteiger partial charge in [-0.25, -0.2) is 4.79 Å². The van der Waals surface area contributed by atoms with E-state index < -0.39 is 5.60 Å². The molecule has 3 nitrogen and oxygen atoms in total. The zero-order valence-electron chi connectivity index (χ0n) is 10.5. The quantitative estimate of drug-likeness (QED) is 0.536. The number of hydrogen-bond acceptors (Lipinski definition) is 3. The van der Waals surface area contributed by atoms with E-state index in [2.05, 4.69) is 0 Å². The van der Waals surface area contributed by atoms with Gasteiger partial charge in [0, 0.05) is 0 Å². The maximum atomic E-state index is 11.7. The van der Waals surface area contributed by atoms with Crippen LogP contribution in [0.25, 0.3) is 0 Å². The van der Waals surface area contributed by atoms with Crippen molar-refractivity contribution < 1.29 is 14.3 Å². The molecule has 0 aromatic rings. The van der Waals surface area contributed by atoms with Crippen LogP contribution in [0, 0.1) is 5.92 Å². The summed E-state index contributed by atoms with van der Waals surface area (Å²) in [5.41, 5.74) is -0.403. The molecule has 1 saturated heterocycles. The van der Waals surface area contributed by atoms with Crippen LogP contribution in [0.3, 0.4) is 0 Å². The summed E-state index contributed by atoms with van der Waals surface area (Å²) in [5, 5.41) is 0. The first-order chi connectivity index (χ1) is 7.47. The number of carbonyl (C=O) groups excluding carboxylic acids is 1. The van der Waals surface area contributed by atoms with Gasteiger partial charge in [0.25, 0.3) is 0 Å².